The van der Waals surface area contributed by atoms with Gasteiger partial charge in [-0.05, 0) is 13.0 Å². The van der Waals surface area contributed by atoms with Gasteiger partial charge in [-0.15, -0.1) is 0 Å². The van der Waals surface area contributed by atoms with E-state index < -0.39 is 12.8 Å². The molecule has 0 saturated heterocycles. The first-order valence-electron chi connectivity index (χ1n) is 4.13. The summed E-state index contributed by atoms with van der Waals surface area (Å²) in [7, 11) is 1.46. The van der Waals surface area contributed by atoms with Crippen LogP contribution in [-0.2, 0) is 0 Å². The van der Waals surface area contributed by atoms with Crippen LogP contribution in [0.25, 0.3) is 0 Å². The fourth-order valence-electron chi connectivity index (χ4n) is 0.977. The molecule has 3 nitrogen and oxygen atoms in total. The van der Waals surface area contributed by atoms with Crippen LogP contribution in [0.15, 0.2) is 12.1 Å². The molecule has 0 saturated carbocycles. The highest BCUT2D eigenvalue weighted by atomic mass is 19.4. The molecule has 0 aliphatic heterocycles. The van der Waals surface area contributed by atoms with Crippen molar-refractivity contribution in [3.05, 3.63) is 17.8 Å². The Labute approximate surface area is 84.8 Å². The Kier molecular flexibility index (Phi) is 3.39. The van der Waals surface area contributed by atoms with Crippen LogP contribution in [0.5, 0.6) is 11.6 Å². The van der Waals surface area contributed by atoms with Gasteiger partial charge in [-0.25, -0.2) is 4.98 Å². The highest BCUT2D eigenvalue weighted by Crippen LogP contribution is 2.21. The van der Waals surface area contributed by atoms with Crippen LogP contribution in [0.2, 0.25) is 0 Å². The first-order valence-corrected chi connectivity index (χ1v) is 4.13. The predicted octanol–water partition coefficient (Wildman–Crippen LogP) is 2.34. The van der Waals surface area contributed by atoms with Crippen molar-refractivity contribution in [3.8, 4) is 11.6 Å². The van der Waals surface area contributed by atoms with Crippen LogP contribution >= 0.6 is 0 Å². The summed E-state index contributed by atoms with van der Waals surface area (Å²) in [5.41, 5.74) is 0.483. The average Bonchev–Trinajstić information content (AvgIpc) is 2.14. The van der Waals surface area contributed by atoms with Gasteiger partial charge in [0.15, 0.2) is 6.61 Å². The van der Waals surface area contributed by atoms with Crippen LogP contribution in [0, 0.1) is 6.92 Å². The fraction of sp³-hybridized carbons (Fsp3) is 0.444. The number of ether oxygens (including phenoxy) is 2. The summed E-state index contributed by atoms with van der Waals surface area (Å²) >= 11 is 0. The van der Waals surface area contributed by atoms with E-state index in [2.05, 4.69) is 9.72 Å². The molecule has 0 N–H and O–H groups in total. The molecule has 84 valence electrons. The summed E-state index contributed by atoms with van der Waals surface area (Å²) in [5.74, 6) is 0.444. The SMILES string of the molecule is COc1ccc(OCC(F)(F)F)nc1C. The first kappa shape index (κ1) is 11.6. The Balaban J connectivity index is 2.68. The second kappa shape index (κ2) is 4.37. The van der Waals surface area contributed by atoms with E-state index in [0.717, 1.165) is 0 Å². The van der Waals surface area contributed by atoms with Crippen LogP contribution in [0.4, 0.5) is 13.2 Å². The van der Waals surface area contributed by atoms with E-state index in [9.17, 15) is 13.2 Å². The minimum atomic E-state index is -4.35. The topological polar surface area (TPSA) is 31.4 Å². The third kappa shape index (κ3) is 3.65. The van der Waals surface area contributed by atoms with Gasteiger partial charge in [0, 0.05) is 6.07 Å². The van der Waals surface area contributed by atoms with Crippen LogP contribution in [-0.4, -0.2) is 24.9 Å². The van der Waals surface area contributed by atoms with Gasteiger partial charge in [0.1, 0.15) is 5.75 Å². The van der Waals surface area contributed by atoms with Gasteiger partial charge in [-0.2, -0.15) is 13.2 Å². The monoisotopic (exact) mass is 221 g/mol. The third-order valence-electron chi connectivity index (χ3n) is 1.62. The lowest BCUT2D eigenvalue weighted by Crippen LogP contribution is -2.19. The van der Waals surface area contributed by atoms with Crippen molar-refractivity contribution in [1.82, 2.24) is 4.98 Å². The predicted molar refractivity (Wildman–Crippen MR) is 47.1 cm³/mol. The largest absolute Gasteiger partial charge is 0.495 e. The maximum absolute atomic E-state index is 11.8. The lowest BCUT2D eigenvalue weighted by Gasteiger charge is -2.09. The van der Waals surface area contributed by atoms with Gasteiger partial charge in [0.25, 0.3) is 0 Å². The smallest absolute Gasteiger partial charge is 0.422 e. The molecule has 0 atom stereocenters. The van der Waals surface area contributed by atoms with E-state index in [-0.39, 0.29) is 5.88 Å². The van der Waals surface area contributed by atoms with Crippen molar-refractivity contribution in [2.75, 3.05) is 13.7 Å². The van der Waals surface area contributed by atoms with Crippen LogP contribution < -0.4 is 9.47 Å². The Morgan fingerprint density at radius 3 is 2.47 bits per heavy atom. The number of hydrogen-bond donors (Lipinski definition) is 0. The lowest BCUT2D eigenvalue weighted by molar-refractivity contribution is -0.154. The molecule has 0 aliphatic rings. The summed E-state index contributed by atoms with van der Waals surface area (Å²) in [6, 6.07) is 2.84. The highest BCUT2D eigenvalue weighted by molar-refractivity contribution is 5.30. The Morgan fingerprint density at radius 1 is 1.33 bits per heavy atom. The van der Waals surface area contributed by atoms with E-state index >= 15 is 0 Å². The van der Waals surface area contributed by atoms with E-state index in [1.165, 1.54) is 19.2 Å². The number of nitrogens with zero attached hydrogens (tertiary/aromatic N) is 1. The molecule has 0 bridgehead atoms. The maximum Gasteiger partial charge on any atom is 0.422 e. The molecule has 0 radical (unpaired) electrons. The molecule has 15 heavy (non-hydrogen) atoms. The number of methoxy groups -OCH3 is 1. The number of aromatic nitrogens is 1. The molecule has 0 fully saturated rings. The number of pyridine rings is 1. The van der Waals surface area contributed by atoms with Crippen molar-refractivity contribution in [3.63, 3.8) is 0 Å². The van der Waals surface area contributed by atoms with Gasteiger partial charge < -0.3 is 9.47 Å². The van der Waals surface area contributed by atoms with E-state index in [4.69, 9.17) is 4.74 Å². The molecular weight excluding hydrogens is 211 g/mol. The molecule has 6 heteroatoms. The summed E-state index contributed by atoms with van der Waals surface area (Å²) in [5, 5.41) is 0. The molecule has 0 aliphatic carbocycles. The molecule has 1 aromatic heterocycles. The molecular formula is C9H10F3NO2. The Bertz CT molecular complexity index is 339. The van der Waals surface area contributed by atoms with E-state index in [1.807, 2.05) is 0 Å². The van der Waals surface area contributed by atoms with Crippen molar-refractivity contribution in [2.45, 2.75) is 13.1 Å². The van der Waals surface area contributed by atoms with Gasteiger partial charge in [-0.1, -0.05) is 0 Å². The Hall–Kier alpha value is -1.46. The maximum atomic E-state index is 11.8. The van der Waals surface area contributed by atoms with Crippen molar-refractivity contribution < 1.29 is 22.6 Å². The second-order valence-electron chi connectivity index (χ2n) is 2.84. The van der Waals surface area contributed by atoms with Crippen molar-refractivity contribution >= 4 is 0 Å². The Morgan fingerprint density at radius 2 is 2.00 bits per heavy atom. The summed E-state index contributed by atoms with van der Waals surface area (Å²) in [4.78, 5) is 3.80. The molecule has 0 aromatic carbocycles. The van der Waals surface area contributed by atoms with Crippen LogP contribution in [0.3, 0.4) is 0 Å². The van der Waals surface area contributed by atoms with Gasteiger partial charge in [0.05, 0.1) is 12.8 Å². The number of halogens is 3. The fourth-order valence-corrected chi connectivity index (χ4v) is 0.977. The van der Waals surface area contributed by atoms with Crippen LogP contribution in [0.1, 0.15) is 5.69 Å². The van der Waals surface area contributed by atoms with Gasteiger partial charge in [-0.3, -0.25) is 0 Å². The molecule has 1 aromatic rings. The average molecular weight is 221 g/mol. The molecule has 0 spiro atoms. The number of rotatable bonds is 3. The zero-order valence-corrected chi connectivity index (χ0v) is 8.26. The quantitative estimate of drug-likeness (QED) is 0.785. The van der Waals surface area contributed by atoms with Crippen molar-refractivity contribution in [2.24, 2.45) is 0 Å². The standard InChI is InChI=1S/C9H10F3NO2/c1-6-7(14-2)3-4-8(13-6)15-5-9(10,11)12/h3-4H,5H2,1-2H3. The minimum Gasteiger partial charge on any atom is -0.495 e. The highest BCUT2D eigenvalue weighted by Gasteiger charge is 2.28. The molecule has 0 unspecified atom stereocenters. The summed E-state index contributed by atoms with van der Waals surface area (Å²) in [6.45, 7) is 0.283. The number of aryl methyl sites for hydroxylation is 1. The van der Waals surface area contributed by atoms with Gasteiger partial charge >= 0.3 is 6.18 Å². The summed E-state index contributed by atoms with van der Waals surface area (Å²) < 4.78 is 44.8. The van der Waals surface area contributed by atoms with Crippen molar-refractivity contribution in [1.29, 1.82) is 0 Å². The minimum absolute atomic E-state index is 0.0642. The molecule has 1 rings (SSSR count). The zero-order valence-electron chi connectivity index (χ0n) is 8.26. The first-order chi connectivity index (χ1) is 6.92. The third-order valence-corrected chi connectivity index (χ3v) is 1.62. The molecule has 1 heterocycles. The van der Waals surface area contributed by atoms with E-state index in [0.29, 0.717) is 11.4 Å². The second-order valence-corrected chi connectivity index (χ2v) is 2.84. The number of alkyl halides is 3. The van der Waals surface area contributed by atoms with E-state index in [1.54, 1.807) is 6.92 Å². The molecule has 0 amide bonds. The zero-order chi connectivity index (χ0) is 11.5. The number of hydrogen-bond acceptors (Lipinski definition) is 3. The normalized spacial score (nSPS) is 11.3. The lowest BCUT2D eigenvalue weighted by atomic mass is 10.3. The van der Waals surface area contributed by atoms with Gasteiger partial charge in [0.2, 0.25) is 5.88 Å². The summed E-state index contributed by atoms with van der Waals surface area (Å²) in [6.07, 6.45) is -4.35.